The highest BCUT2D eigenvalue weighted by atomic mass is 28.5. The highest BCUT2D eigenvalue weighted by Crippen LogP contribution is 2.28. The molecule has 7 rings (SSSR count). The van der Waals surface area contributed by atoms with E-state index in [4.69, 9.17) is 8.23 Å². The molecule has 0 saturated carbocycles. The smallest absolute Gasteiger partial charge is 0.353 e. The molecule has 0 atom stereocenters. The Balaban J connectivity index is 1.60. The minimum atomic E-state index is -3.44. The molecule has 0 spiro atoms. The van der Waals surface area contributed by atoms with Gasteiger partial charge in [-0.2, -0.15) is 0 Å². The summed E-state index contributed by atoms with van der Waals surface area (Å²) in [6.45, 7) is 2.27. The largest absolute Gasteiger partial charge is 0.422 e. The molecule has 0 N–H and O–H groups in total. The molecule has 0 saturated heterocycles. The molecule has 7 aromatic carbocycles. The predicted octanol–water partition coefficient (Wildman–Crippen LogP) is 6.50. The predicted molar refractivity (Wildman–Crippen MR) is 222 cm³/mol. The van der Waals surface area contributed by atoms with E-state index < -0.39 is 25.2 Å². The van der Waals surface area contributed by atoms with Crippen molar-refractivity contribution in [1.82, 2.24) is 0 Å². The van der Waals surface area contributed by atoms with E-state index in [1.54, 1.807) is 0 Å². The van der Waals surface area contributed by atoms with Crippen molar-refractivity contribution in [2.24, 2.45) is 0 Å². The maximum absolute atomic E-state index is 8.48. The lowest BCUT2D eigenvalue weighted by Gasteiger charge is -2.47. The second-order valence-electron chi connectivity index (χ2n) is 13.0. The van der Waals surface area contributed by atoms with Crippen molar-refractivity contribution in [2.75, 3.05) is 0 Å². The van der Waals surface area contributed by atoms with Crippen molar-refractivity contribution in [3.05, 3.63) is 212 Å². The van der Waals surface area contributed by atoms with E-state index in [1.807, 2.05) is 0 Å². The van der Waals surface area contributed by atoms with Gasteiger partial charge < -0.3 is 8.23 Å². The standard InChI is InChI=1S/C46H44O2Si3/c1-2-3-39-49(40-25-11-4-12-26-40,47-50(41-27-13-5-14-28-41,42-29-15-6-16-30-42)43-31-17-7-18-32-43)48-51(44-33-19-8-20-34-44,45-35-21-9-22-36-45)46-37-23-10-24-38-46/h4-38H,2-3,39H2,1H3. The molecule has 0 aliphatic heterocycles. The fourth-order valence-electron chi connectivity index (χ4n) is 7.37. The van der Waals surface area contributed by atoms with Gasteiger partial charge in [0.05, 0.1) is 0 Å². The summed E-state index contributed by atoms with van der Waals surface area (Å²) in [6.07, 6.45) is 2.01. The van der Waals surface area contributed by atoms with Crippen molar-refractivity contribution in [3.63, 3.8) is 0 Å². The highest BCUT2D eigenvalue weighted by Gasteiger charge is 2.57. The molecule has 0 amide bonds. The molecule has 0 unspecified atom stereocenters. The molecule has 252 valence electrons. The molecule has 7 aromatic rings. The second-order valence-corrected chi connectivity index (χ2v) is 23.4. The Bertz CT molecular complexity index is 1740. The van der Waals surface area contributed by atoms with E-state index in [-0.39, 0.29) is 0 Å². The summed E-state index contributed by atoms with van der Waals surface area (Å²) < 4.78 is 17.0. The molecular weight excluding hydrogens is 669 g/mol. The SMILES string of the molecule is CCCC[Si](O[Si](c1ccccc1)(c1ccccc1)c1ccccc1)(O[Si](c1ccccc1)(c1ccccc1)c1ccccc1)c1ccccc1. The van der Waals surface area contributed by atoms with E-state index in [1.165, 1.54) is 31.1 Å². The Kier molecular flexibility index (Phi) is 10.8. The van der Waals surface area contributed by atoms with Gasteiger partial charge in [-0.15, -0.1) is 0 Å². The van der Waals surface area contributed by atoms with Crippen LogP contribution in [0.3, 0.4) is 0 Å². The third kappa shape index (κ3) is 6.91. The van der Waals surface area contributed by atoms with Crippen LogP contribution in [0.5, 0.6) is 0 Å². The number of hydrogen-bond donors (Lipinski definition) is 0. The molecule has 51 heavy (non-hydrogen) atoms. The second kappa shape index (κ2) is 16.0. The first kappa shape index (κ1) is 34.6. The van der Waals surface area contributed by atoms with Gasteiger partial charge in [-0.25, -0.2) is 0 Å². The first-order valence-electron chi connectivity index (χ1n) is 18.0. The monoisotopic (exact) mass is 712 g/mol. The number of unbranched alkanes of at least 4 members (excludes halogenated alkanes) is 1. The van der Waals surface area contributed by atoms with Gasteiger partial charge >= 0.3 is 8.56 Å². The van der Waals surface area contributed by atoms with Crippen LogP contribution in [0.4, 0.5) is 0 Å². The van der Waals surface area contributed by atoms with Crippen molar-refractivity contribution in [2.45, 2.75) is 25.8 Å². The molecule has 0 heterocycles. The van der Waals surface area contributed by atoms with Crippen LogP contribution in [0.15, 0.2) is 212 Å². The molecule has 0 aliphatic rings. The van der Waals surface area contributed by atoms with Crippen LogP contribution in [0.25, 0.3) is 0 Å². The molecule has 0 aromatic heterocycles. The lowest BCUT2D eigenvalue weighted by Crippen LogP contribution is -2.80. The number of rotatable bonds is 14. The van der Waals surface area contributed by atoms with Crippen molar-refractivity contribution in [1.29, 1.82) is 0 Å². The van der Waals surface area contributed by atoms with Gasteiger partial charge in [0.1, 0.15) is 0 Å². The molecule has 0 radical (unpaired) electrons. The van der Waals surface area contributed by atoms with Gasteiger partial charge in [0.25, 0.3) is 16.6 Å². The first-order valence-corrected chi connectivity index (χ1v) is 23.8. The fraction of sp³-hybridized carbons (Fsp3) is 0.0870. The summed E-state index contributed by atoms with van der Waals surface area (Å²) >= 11 is 0. The van der Waals surface area contributed by atoms with Gasteiger partial charge in [0.2, 0.25) is 0 Å². The van der Waals surface area contributed by atoms with Crippen LogP contribution in [0, 0.1) is 0 Å². The number of hydrogen-bond acceptors (Lipinski definition) is 2. The van der Waals surface area contributed by atoms with Gasteiger partial charge in [-0.3, -0.25) is 0 Å². The van der Waals surface area contributed by atoms with Gasteiger partial charge in [0.15, 0.2) is 0 Å². The van der Waals surface area contributed by atoms with Crippen molar-refractivity contribution >= 4 is 61.5 Å². The van der Waals surface area contributed by atoms with Crippen LogP contribution >= 0.6 is 0 Å². The van der Waals surface area contributed by atoms with Crippen molar-refractivity contribution in [3.8, 4) is 0 Å². The zero-order valence-corrected chi connectivity index (χ0v) is 32.1. The van der Waals surface area contributed by atoms with Gasteiger partial charge in [-0.1, -0.05) is 232 Å². The normalized spacial score (nSPS) is 12.0. The maximum Gasteiger partial charge on any atom is 0.353 e. The van der Waals surface area contributed by atoms with E-state index in [9.17, 15) is 0 Å². The Morgan fingerprint density at radius 3 is 0.745 bits per heavy atom. The Morgan fingerprint density at radius 1 is 0.314 bits per heavy atom. The van der Waals surface area contributed by atoms with Crippen LogP contribution in [0.1, 0.15) is 19.8 Å². The molecule has 0 aliphatic carbocycles. The zero-order valence-electron chi connectivity index (χ0n) is 29.1. The minimum Gasteiger partial charge on any atom is -0.422 e. The van der Waals surface area contributed by atoms with Crippen LogP contribution in [0.2, 0.25) is 6.04 Å². The van der Waals surface area contributed by atoms with Gasteiger partial charge in [0, 0.05) is 0 Å². The summed E-state index contributed by atoms with van der Waals surface area (Å²) in [4.78, 5) is 0. The van der Waals surface area contributed by atoms with E-state index in [0.29, 0.717) is 0 Å². The van der Waals surface area contributed by atoms with Gasteiger partial charge in [-0.05, 0) is 42.4 Å². The van der Waals surface area contributed by atoms with E-state index >= 15 is 0 Å². The maximum atomic E-state index is 8.48. The first-order chi connectivity index (χ1) is 25.2. The molecular formula is C46H44O2Si3. The molecule has 0 fully saturated rings. The quantitative estimate of drug-likeness (QED) is 0.0948. The summed E-state index contributed by atoms with van der Waals surface area (Å²) in [5.74, 6) is 0. The number of benzene rings is 7. The highest BCUT2D eigenvalue weighted by molar-refractivity contribution is 7.15. The Morgan fingerprint density at radius 2 is 0.529 bits per heavy atom. The Hall–Kier alpha value is -4.89. The summed E-state index contributed by atoms with van der Waals surface area (Å²) in [6, 6.07) is 77.5. The molecule has 0 bridgehead atoms. The topological polar surface area (TPSA) is 18.5 Å². The average molecular weight is 713 g/mol. The van der Waals surface area contributed by atoms with E-state index in [0.717, 1.165) is 24.1 Å². The lowest BCUT2D eigenvalue weighted by atomic mass is 10.3. The fourth-order valence-corrected chi connectivity index (χ4v) is 24.2. The minimum absolute atomic E-state index is 0.815. The van der Waals surface area contributed by atoms with E-state index in [2.05, 4.69) is 219 Å². The molecule has 5 heteroatoms. The van der Waals surface area contributed by atoms with Crippen molar-refractivity contribution < 1.29 is 8.23 Å². The van der Waals surface area contributed by atoms with Crippen LogP contribution in [-0.4, -0.2) is 25.2 Å². The van der Waals surface area contributed by atoms with Crippen LogP contribution in [-0.2, 0) is 8.23 Å². The molecule has 2 nitrogen and oxygen atoms in total. The summed E-state index contributed by atoms with van der Waals surface area (Å²) in [5, 5.41) is 8.42. The third-order valence-corrected chi connectivity index (χ3v) is 24.0. The zero-order chi connectivity index (χ0) is 34.8. The lowest BCUT2D eigenvalue weighted by molar-refractivity contribution is 0.405. The Labute approximate surface area is 306 Å². The summed E-state index contributed by atoms with van der Waals surface area (Å²) in [5.41, 5.74) is 0. The average Bonchev–Trinajstić information content (AvgIpc) is 3.23. The third-order valence-electron chi connectivity index (χ3n) is 9.79. The van der Waals surface area contributed by atoms with Crippen LogP contribution < -0.4 is 36.3 Å². The summed E-state index contributed by atoms with van der Waals surface area (Å²) in [7, 11) is -9.91.